The zero-order valence-electron chi connectivity index (χ0n) is 22.0. The number of amides is 2. The Bertz CT molecular complexity index is 1260. The summed E-state index contributed by atoms with van der Waals surface area (Å²) in [5.41, 5.74) is 2.54. The van der Waals surface area contributed by atoms with Gasteiger partial charge < -0.3 is 15.0 Å². The van der Waals surface area contributed by atoms with Gasteiger partial charge in [0.25, 0.3) is 5.91 Å². The number of nitrogens with zero attached hydrogens (tertiary/aromatic N) is 1. The van der Waals surface area contributed by atoms with Gasteiger partial charge in [-0.2, -0.15) is 0 Å². The van der Waals surface area contributed by atoms with Crippen LogP contribution in [-0.4, -0.2) is 35.4 Å². The first-order valence-corrected chi connectivity index (χ1v) is 14.8. The predicted molar refractivity (Wildman–Crippen MR) is 160 cm³/mol. The number of rotatable bonds is 10. The summed E-state index contributed by atoms with van der Waals surface area (Å²) >= 11 is 16.5. The van der Waals surface area contributed by atoms with Gasteiger partial charge in [-0.3, -0.25) is 9.59 Å². The van der Waals surface area contributed by atoms with Gasteiger partial charge in [0.1, 0.15) is 11.8 Å². The molecule has 2 amide bonds. The van der Waals surface area contributed by atoms with Crippen molar-refractivity contribution >= 4 is 50.9 Å². The Morgan fingerprint density at radius 2 is 1.69 bits per heavy atom. The Balaban J connectivity index is 1.65. The first kappa shape index (κ1) is 29.4. The van der Waals surface area contributed by atoms with Crippen molar-refractivity contribution in [3.05, 3.63) is 97.9 Å². The maximum Gasteiger partial charge on any atom is 0.261 e. The van der Waals surface area contributed by atoms with Crippen molar-refractivity contribution in [2.75, 3.05) is 6.61 Å². The molecule has 4 rings (SSSR count). The predicted octanol–water partition coefficient (Wildman–Crippen LogP) is 7.53. The van der Waals surface area contributed by atoms with Gasteiger partial charge in [-0.15, -0.1) is 0 Å². The summed E-state index contributed by atoms with van der Waals surface area (Å²) in [6.45, 7) is 1.80. The largest absolute Gasteiger partial charge is 0.484 e. The normalized spacial score (nSPS) is 14.5. The molecule has 1 saturated carbocycles. The van der Waals surface area contributed by atoms with Crippen molar-refractivity contribution in [1.29, 1.82) is 0 Å². The highest BCUT2D eigenvalue weighted by atomic mass is 79.9. The molecule has 1 fully saturated rings. The summed E-state index contributed by atoms with van der Waals surface area (Å²) in [7, 11) is 0. The standard InChI is InChI=1S/C31H33BrCl2N2O3/c1-21-17-24(15-16-26(21)32)39-20-30(37)36(19-25-27(33)13-8-14-28(25)34)29(18-22-9-4-2-5-10-22)31(38)35-23-11-6-3-7-12-23/h2,4-5,8-10,13-17,23,29H,3,6-7,11-12,18-20H2,1H3,(H,35,38). The van der Waals surface area contributed by atoms with Crippen molar-refractivity contribution in [3.8, 4) is 5.75 Å². The van der Waals surface area contributed by atoms with Gasteiger partial charge in [-0.05, 0) is 61.2 Å². The second-order valence-corrected chi connectivity index (χ2v) is 11.6. The lowest BCUT2D eigenvalue weighted by atomic mass is 9.94. The van der Waals surface area contributed by atoms with E-state index in [4.69, 9.17) is 27.9 Å². The number of nitrogens with one attached hydrogen (secondary N) is 1. The van der Waals surface area contributed by atoms with Gasteiger partial charge in [0.15, 0.2) is 6.61 Å². The number of benzene rings is 3. The molecule has 0 spiro atoms. The van der Waals surface area contributed by atoms with Crippen molar-refractivity contribution in [2.24, 2.45) is 0 Å². The zero-order valence-corrected chi connectivity index (χ0v) is 25.1. The maximum atomic E-state index is 13.9. The minimum atomic E-state index is -0.774. The SMILES string of the molecule is Cc1cc(OCC(=O)N(Cc2c(Cl)cccc2Cl)C(Cc2ccccc2)C(=O)NC2CCCCC2)ccc1Br. The van der Waals surface area contributed by atoms with Gasteiger partial charge in [-0.25, -0.2) is 0 Å². The second-order valence-electron chi connectivity index (χ2n) is 9.97. The average molecular weight is 632 g/mol. The first-order valence-electron chi connectivity index (χ1n) is 13.3. The molecule has 1 atom stereocenters. The number of ether oxygens (including phenoxy) is 1. The highest BCUT2D eigenvalue weighted by molar-refractivity contribution is 9.10. The number of hydrogen-bond acceptors (Lipinski definition) is 3. The van der Waals surface area contributed by atoms with Crippen LogP contribution >= 0.6 is 39.1 Å². The topological polar surface area (TPSA) is 58.6 Å². The molecule has 1 aliphatic rings. The zero-order chi connectivity index (χ0) is 27.8. The van der Waals surface area contributed by atoms with Crippen LogP contribution in [0.4, 0.5) is 0 Å². The van der Waals surface area contributed by atoms with Gasteiger partial charge in [0.05, 0.1) is 0 Å². The Labute approximate surface area is 249 Å². The molecular weight excluding hydrogens is 599 g/mol. The summed E-state index contributed by atoms with van der Waals surface area (Å²) in [5, 5.41) is 4.11. The number of carbonyl (C=O) groups excluding carboxylic acids is 2. The Kier molecular flexibility index (Phi) is 10.7. The molecule has 206 valence electrons. The fourth-order valence-electron chi connectivity index (χ4n) is 4.89. The molecule has 0 aromatic heterocycles. The van der Waals surface area contributed by atoms with E-state index in [0.717, 1.165) is 41.3 Å². The molecule has 39 heavy (non-hydrogen) atoms. The molecule has 0 radical (unpaired) electrons. The number of halogens is 3. The van der Waals surface area contributed by atoms with Crippen molar-refractivity contribution in [3.63, 3.8) is 0 Å². The number of aryl methyl sites for hydroxylation is 1. The van der Waals surface area contributed by atoms with Crippen molar-refractivity contribution in [1.82, 2.24) is 10.2 Å². The first-order chi connectivity index (χ1) is 18.8. The van der Waals surface area contributed by atoms with Crippen LogP contribution in [-0.2, 0) is 22.6 Å². The molecule has 3 aromatic rings. The second kappa shape index (κ2) is 14.2. The van der Waals surface area contributed by atoms with E-state index in [-0.39, 0.29) is 31.0 Å². The van der Waals surface area contributed by atoms with Crippen LogP contribution < -0.4 is 10.1 Å². The molecule has 0 heterocycles. The monoisotopic (exact) mass is 630 g/mol. The Morgan fingerprint density at radius 3 is 2.36 bits per heavy atom. The average Bonchev–Trinajstić information content (AvgIpc) is 2.93. The third-order valence-corrected chi connectivity index (χ3v) is 8.70. The van der Waals surface area contributed by atoms with E-state index >= 15 is 0 Å². The summed E-state index contributed by atoms with van der Waals surface area (Å²) < 4.78 is 6.86. The van der Waals surface area contributed by atoms with E-state index in [2.05, 4.69) is 21.2 Å². The molecule has 0 bridgehead atoms. The highest BCUT2D eigenvalue weighted by Crippen LogP contribution is 2.28. The van der Waals surface area contributed by atoms with Crippen LogP contribution in [0.15, 0.2) is 71.2 Å². The number of carbonyl (C=O) groups is 2. The van der Waals surface area contributed by atoms with E-state index in [1.165, 1.54) is 6.42 Å². The molecule has 1 N–H and O–H groups in total. The lowest BCUT2D eigenvalue weighted by Crippen LogP contribution is -2.53. The number of hydrogen-bond donors (Lipinski definition) is 1. The third kappa shape index (κ3) is 8.23. The van der Waals surface area contributed by atoms with Crippen LogP contribution in [0, 0.1) is 6.92 Å². The minimum Gasteiger partial charge on any atom is -0.484 e. The molecule has 8 heteroatoms. The third-order valence-electron chi connectivity index (χ3n) is 7.10. The molecule has 5 nitrogen and oxygen atoms in total. The molecule has 1 unspecified atom stereocenters. The smallest absolute Gasteiger partial charge is 0.261 e. The van der Waals surface area contributed by atoms with Crippen molar-refractivity contribution < 1.29 is 14.3 Å². The van der Waals surface area contributed by atoms with Gasteiger partial charge in [0.2, 0.25) is 5.91 Å². The van der Waals surface area contributed by atoms with Gasteiger partial charge in [0, 0.05) is 39.1 Å². The van der Waals surface area contributed by atoms with Gasteiger partial charge in [-0.1, -0.05) is 94.8 Å². The van der Waals surface area contributed by atoms with Crippen LogP contribution in [0.1, 0.15) is 48.8 Å². The Morgan fingerprint density at radius 1 is 1.00 bits per heavy atom. The molecule has 0 saturated heterocycles. The van der Waals surface area contributed by atoms with E-state index in [1.54, 1.807) is 29.2 Å². The van der Waals surface area contributed by atoms with E-state index < -0.39 is 6.04 Å². The molecule has 1 aliphatic carbocycles. The van der Waals surface area contributed by atoms with E-state index in [1.807, 2.05) is 49.4 Å². The summed E-state index contributed by atoms with van der Waals surface area (Å²) in [5.74, 6) is 0.0686. The van der Waals surface area contributed by atoms with Crippen LogP contribution in [0.3, 0.4) is 0 Å². The quantitative estimate of drug-likeness (QED) is 0.252. The summed E-state index contributed by atoms with van der Waals surface area (Å²) in [6, 6.07) is 19.8. The Hall–Kier alpha value is -2.54. The maximum absolute atomic E-state index is 13.9. The summed E-state index contributed by atoms with van der Waals surface area (Å²) in [6.07, 6.45) is 5.60. The fourth-order valence-corrected chi connectivity index (χ4v) is 5.65. The molecule has 0 aliphatic heterocycles. The van der Waals surface area contributed by atoms with Crippen LogP contribution in [0.25, 0.3) is 0 Å². The van der Waals surface area contributed by atoms with Gasteiger partial charge >= 0.3 is 0 Å². The molecular formula is C31H33BrCl2N2O3. The molecule has 3 aromatic carbocycles. The van der Waals surface area contributed by atoms with E-state index in [0.29, 0.717) is 27.8 Å². The van der Waals surface area contributed by atoms with Crippen LogP contribution in [0.5, 0.6) is 5.75 Å². The minimum absolute atomic E-state index is 0.0790. The fraction of sp³-hybridized carbons (Fsp3) is 0.355. The summed E-state index contributed by atoms with van der Waals surface area (Å²) in [4.78, 5) is 29.3. The lowest BCUT2D eigenvalue weighted by Gasteiger charge is -2.33. The lowest BCUT2D eigenvalue weighted by molar-refractivity contribution is -0.143. The van der Waals surface area contributed by atoms with Crippen molar-refractivity contribution in [2.45, 2.75) is 64.1 Å². The highest BCUT2D eigenvalue weighted by Gasteiger charge is 2.33. The van der Waals surface area contributed by atoms with E-state index in [9.17, 15) is 9.59 Å². The van der Waals surface area contributed by atoms with Crippen LogP contribution in [0.2, 0.25) is 10.0 Å².